The van der Waals surface area contributed by atoms with Gasteiger partial charge in [-0.05, 0) is 31.6 Å². The van der Waals surface area contributed by atoms with Crippen molar-refractivity contribution in [2.75, 3.05) is 26.2 Å². The Morgan fingerprint density at radius 3 is 2.38 bits per heavy atom. The molecular formula is C12H22N2O2. The average molecular weight is 226 g/mol. The molecular weight excluding hydrogens is 204 g/mol. The largest absolute Gasteiger partial charge is 0.480 e. The molecule has 1 aliphatic carbocycles. The fourth-order valence-corrected chi connectivity index (χ4v) is 3.00. The quantitative estimate of drug-likeness (QED) is 0.735. The van der Waals surface area contributed by atoms with Crippen molar-refractivity contribution >= 4 is 5.97 Å². The first-order valence-corrected chi connectivity index (χ1v) is 6.34. The van der Waals surface area contributed by atoms with Crippen LogP contribution in [0.15, 0.2) is 0 Å². The monoisotopic (exact) mass is 226 g/mol. The second-order valence-electron chi connectivity index (χ2n) is 5.26. The molecule has 2 rings (SSSR count). The summed E-state index contributed by atoms with van der Waals surface area (Å²) in [5.41, 5.74) is -0.561. The maximum Gasteiger partial charge on any atom is 0.324 e. The van der Waals surface area contributed by atoms with Gasteiger partial charge in [0.2, 0.25) is 0 Å². The number of rotatable bonds is 2. The first-order chi connectivity index (χ1) is 7.65. The number of nitrogens with one attached hydrogen (secondary N) is 1. The van der Waals surface area contributed by atoms with Crippen LogP contribution in [-0.2, 0) is 4.79 Å². The van der Waals surface area contributed by atoms with Crippen LogP contribution in [0.25, 0.3) is 0 Å². The first-order valence-electron chi connectivity index (χ1n) is 6.34. The van der Waals surface area contributed by atoms with Crippen LogP contribution in [0.5, 0.6) is 0 Å². The SMILES string of the molecule is CC1CCC(C(=O)O)(N2CCNCC2)CC1. The van der Waals surface area contributed by atoms with Crippen LogP contribution < -0.4 is 5.32 Å². The van der Waals surface area contributed by atoms with Crippen molar-refractivity contribution < 1.29 is 9.90 Å². The number of carbonyl (C=O) groups is 1. The highest BCUT2D eigenvalue weighted by Crippen LogP contribution is 2.36. The van der Waals surface area contributed by atoms with E-state index in [1.807, 2.05) is 0 Å². The molecule has 1 heterocycles. The van der Waals surface area contributed by atoms with Gasteiger partial charge in [0.15, 0.2) is 0 Å². The van der Waals surface area contributed by atoms with Crippen molar-refractivity contribution in [3.05, 3.63) is 0 Å². The lowest BCUT2D eigenvalue weighted by atomic mass is 9.75. The summed E-state index contributed by atoms with van der Waals surface area (Å²) in [7, 11) is 0. The molecule has 0 unspecified atom stereocenters. The molecule has 0 spiro atoms. The van der Waals surface area contributed by atoms with Crippen LogP contribution in [0.4, 0.5) is 0 Å². The molecule has 4 nitrogen and oxygen atoms in total. The molecule has 0 bridgehead atoms. The van der Waals surface area contributed by atoms with Gasteiger partial charge in [-0.3, -0.25) is 9.69 Å². The van der Waals surface area contributed by atoms with Gasteiger partial charge in [0.05, 0.1) is 0 Å². The average Bonchev–Trinajstić information content (AvgIpc) is 2.31. The van der Waals surface area contributed by atoms with Crippen LogP contribution >= 0.6 is 0 Å². The van der Waals surface area contributed by atoms with E-state index in [1.54, 1.807) is 0 Å². The molecule has 16 heavy (non-hydrogen) atoms. The Bertz CT molecular complexity index is 254. The number of aliphatic carboxylic acids is 1. The molecule has 0 aromatic heterocycles. The minimum absolute atomic E-state index is 0.561. The van der Waals surface area contributed by atoms with Crippen molar-refractivity contribution in [2.24, 2.45) is 5.92 Å². The Labute approximate surface area is 97.0 Å². The summed E-state index contributed by atoms with van der Waals surface area (Å²) < 4.78 is 0. The first kappa shape index (κ1) is 11.9. The Kier molecular flexibility index (Phi) is 3.50. The lowest BCUT2D eigenvalue weighted by molar-refractivity contribution is -0.155. The lowest BCUT2D eigenvalue weighted by Gasteiger charge is -2.46. The van der Waals surface area contributed by atoms with E-state index in [0.29, 0.717) is 5.92 Å². The van der Waals surface area contributed by atoms with E-state index >= 15 is 0 Å². The second kappa shape index (κ2) is 4.72. The van der Waals surface area contributed by atoms with Gasteiger partial charge in [0.1, 0.15) is 5.54 Å². The van der Waals surface area contributed by atoms with Crippen LogP contribution in [0.3, 0.4) is 0 Å². The maximum atomic E-state index is 11.6. The van der Waals surface area contributed by atoms with E-state index in [4.69, 9.17) is 0 Å². The predicted molar refractivity (Wildman–Crippen MR) is 62.4 cm³/mol. The molecule has 0 aromatic carbocycles. The number of hydrogen-bond acceptors (Lipinski definition) is 3. The van der Waals surface area contributed by atoms with Crippen LogP contribution in [-0.4, -0.2) is 47.7 Å². The Hall–Kier alpha value is -0.610. The van der Waals surface area contributed by atoms with Gasteiger partial charge in [0.25, 0.3) is 0 Å². The highest BCUT2D eigenvalue weighted by Gasteiger charge is 2.46. The number of carboxylic acids is 1. The Balaban J connectivity index is 2.11. The summed E-state index contributed by atoms with van der Waals surface area (Å²) in [5, 5.41) is 12.8. The summed E-state index contributed by atoms with van der Waals surface area (Å²) in [5.74, 6) is 0.0803. The Morgan fingerprint density at radius 1 is 1.31 bits per heavy atom. The minimum atomic E-state index is -0.610. The highest BCUT2D eigenvalue weighted by molar-refractivity contribution is 5.79. The molecule has 92 valence electrons. The van der Waals surface area contributed by atoms with Crippen LogP contribution in [0.1, 0.15) is 32.6 Å². The minimum Gasteiger partial charge on any atom is -0.480 e. The fraction of sp³-hybridized carbons (Fsp3) is 0.917. The van der Waals surface area contributed by atoms with Crippen molar-refractivity contribution in [2.45, 2.75) is 38.1 Å². The number of nitrogens with zero attached hydrogens (tertiary/aromatic N) is 1. The van der Waals surface area contributed by atoms with E-state index < -0.39 is 11.5 Å². The molecule has 0 amide bonds. The normalized spacial score (nSPS) is 37.2. The maximum absolute atomic E-state index is 11.6. The molecule has 1 saturated carbocycles. The molecule has 2 aliphatic rings. The predicted octanol–water partition coefficient (Wildman–Crippen LogP) is 0.925. The topological polar surface area (TPSA) is 52.6 Å². The standard InChI is InChI=1S/C12H22N2O2/c1-10-2-4-12(5-3-10,11(15)16)14-8-6-13-7-9-14/h10,13H,2-9H2,1H3,(H,15,16). The third-order valence-electron chi connectivity index (χ3n) is 4.22. The molecule has 2 fully saturated rings. The highest BCUT2D eigenvalue weighted by atomic mass is 16.4. The summed E-state index contributed by atoms with van der Waals surface area (Å²) in [6.07, 6.45) is 3.75. The summed E-state index contributed by atoms with van der Waals surface area (Å²) in [6.45, 7) is 5.82. The third kappa shape index (κ3) is 2.09. The van der Waals surface area contributed by atoms with Gasteiger partial charge < -0.3 is 10.4 Å². The molecule has 2 N–H and O–H groups in total. The van der Waals surface area contributed by atoms with Gasteiger partial charge in [-0.15, -0.1) is 0 Å². The van der Waals surface area contributed by atoms with Crippen molar-refractivity contribution in [1.82, 2.24) is 10.2 Å². The molecule has 0 aromatic rings. The summed E-state index contributed by atoms with van der Waals surface area (Å²) >= 11 is 0. The van der Waals surface area contributed by atoms with E-state index in [9.17, 15) is 9.90 Å². The fourth-order valence-electron chi connectivity index (χ4n) is 3.00. The number of piperazine rings is 1. The van der Waals surface area contributed by atoms with E-state index in [0.717, 1.165) is 51.9 Å². The summed E-state index contributed by atoms with van der Waals surface area (Å²) in [4.78, 5) is 13.8. The molecule has 0 radical (unpaired) electrons. The summed E-state index contributed by atoms with van der Waals surface area (Å²) in [6, 6.07) is 0. The zero-order valence-electron chi connectivity index (χ0n) is 10.0. The van der Waals surface area contributed by atoms with Gasteiger partial charge in [-0.25, -0.2) is 0 Å². The Morgan fingerprint density at radius 2 is 1.88 bits per heavy atom. The van der Waals surface area contributed by atoms with Gasteiger partial charge in [-0.1, -0.05) is 6.92 Å². The van der Waals surface area contributed by atoms with Gasteiger partial charge >= 0.3 is 5.97 Å². The van der Waals surface area contributed by atoms with Crippen molar-refractivity contribution in [1.29, 1.82) is 0 Å². The van der Waals surface area contributed by atoms with Crippen LogP contribution in [0.2, 0.25) is 0 Å². The molecule has 1 saturated heterocycles. The van der Waals surface area contributed by atoms with Gasteiger partial charge in [-0.2, -0.15) is 0 Å². The molecule has 1 aliphatic heterocycles. The second-order valence-corrected chi connectivity index (χ2v) is 5.26. The van der Waals surface area contributed by atoms with Crippen molar-refractivity contribution in [3.8, 4) is 0 Å². The zero-order valence-corrected chi connectivity index (χ0v) is 10.0. The van der Waals surface area contributed by atoms with E-state index in [-0.39, 0.29) is 0 Å². The lowest BCUT2D eigenvalue weighted by Crippen LogP contribution is -2.61. The molecule has 4 heteroatoms. The molecule has 0 atom stereocenters. The van der Waals surface area contributed by atoms with E-state index in [1.165, 1.54) is 0 Å². The smallest absolute Gasteiger partial charge is 0.324 e. The van der Waals surface area contributed by atoms with Crippen molar-refractivity contribution in [3.63, 3.8) is 0 Å². The van der Waals surface area contributed by atoms with Gasteiger partial charge in [0, 0.05) is 26.2 Å². The number of hydrogen-bond donors (Lipinski definition) is 2. The van der Waals surface area contributed by atoms with Crippen LogP contribution in [0, 0.1) is 5.92 Å². The number of carboxylic acid groups (broad SMARTS) is 1. The zero-order chi connectivity index (χ0) is 11.6. The van der Waals surface area contributed by atoms with E-state index in [2.05, 4.69) is 17.1 Å². The third-order valence-corrected chi connectivity index (χ3v) is 4.22.